The van der Waals surface area contributed by atoms with Crippen molar-refractivity contribution in [2.75, 3.05) is 13.1 Å². The Balaban J connectivity index is 1.40. The molecule has 1 fully saturated rings. The van der Waals surface area contributed by atoms with Gasteiger partial charge in [0.05, 0.1) is 17.8 Å². The van der Waals surface area contributed by atoms with E-state index in [1.165, 1.54) is 17.5 Å². The molecule has 1 saturated heterocycles. The van der Waals surface area contributed by atoms with E-state index in [-0.39, 0.29) is 17.5 Å². The Morgan fingerprint density at radius 1 is 1.15 bits per heavy atom. The topological polar surface area (TPSA) is 88.3 Å². The molecule has 0 aliphatic carbocycles. The zero-order chi connectivity index (χ0) is 18.8. The highest BCUT2D eigenvalue weighted by molar-refractivity contribution is 7.13. The molecule has 0 spiro atoms. The molecule has 138 valence electrons. The number of benzene rings is 1. The van der Waals surface area contributed by atoms with Crippen LogP contribution in [0.15, 0.2) is 48.1 Å². The van der Waals surface area contributed by atoms with Gasteiger partial charge >= 0.3 is 5.97 Å². The van der Waals surface area contributed by atoms with Gasteiger partial charge in [-0.3, -0.25) is 9.48 Å². The fraction of sp³-hybridized carbons (Fsp3) is 0.263. The molecule has 1 aliphatic heterocycles. The molecule has 1 N–H and O–H groups in total. The standard InChI is InChI=1S/C19H18N4O3S/c24-18(16-12-27-17(21-16)13-4-2-1-3-5-13)22-8-6-15(7-9-22)23-11-14(10-20-23)19(25)26/h1-5,10-12,15H,6-9H2,(H,25,26). The first-order valence-corrected chi connectivity index (χ1v) is 9.57. The summed E-state index contributed by atoms with van der Waals surface area (Å²) in [4.78, 5) is 30.0. The normalized spacial score (nSPS) is 15.0. The van der Waals surface area contributed by atoms with Gasteiger partial charge in [-0.25, -0.2) is 9.78 Å². The van der Waals surface area contributed by atoms with E-state index in [9.17, 15) is 9.59 Å². The summed E-state index contributed by atoms with van der Waals surface area (Å²) in [6, 6.07) is 9.92. The third-order valence-electron chi connectivity index (χ3n) is 4.72. The quantitative estimate of drug-likeness (QED) is 0.749. The molecule has 1 amide bonds. The Morgan fingerprint density at radius 2 is 1.89 bits per heavy atom. The third kappa shape index (κ3) is 3.61. The van der Waals surface area contributed by atoms with Crippen molar-refractivity contribution in [1.29, 1.82) is 0 Å². The summed E-state index contributed by atoms with van der Waals surface area (Å²) in [6.07, 6.45) is 4.39. The Bertz CT molecular complexity index is 958. The summed E-state index contributed by atoms with van der Waals surface area (Å²) in [5, 5.41) is 15.8. The number of hydrogen-bond acceptors (Lipinski definition) is 5. The number of amides is 1. The monoisotopic (exact) mass is 382 g/mol. The molecule has 4 rings (SSSR count). The van der Waals surface area contributed by atoms with Gasteiger partial charge in [0.15, 0.2) is 0 Å². The summed E-state index contributed by atoms with van der Waals surface area (Å²) in [5.41, 5.74) is 1.67. The molecule has 2 aromatic heterocycles. The largest absolute Gasteiger partial charge is 0.478 e. The van der Waals surface area contributed by atoms with Crippen LogP contribution < -0.4 is 0 Å². The number of carboxylic acids is 1. The van der Waals surface area contributed by atoms with E-state index < -0.39 is 5.97 Å². The minimum absolute atomic E-state index is 0.0569. The van der Waals surface area contributed by atoms with Crippen LogP contribution in [0.4, 0.5) is 0 Å². The second kappa shape index (κ2) is 7.32. The van der Waals surface area contributed by atoms with Crippen molar-refractivity contribution in [1.82, 2.24) is 19.7 Å². The average Bonchev–Trinajstić information content (AvgIpc) is 3.38. The molecule has 0 radical (unpaired) electrons. The van der Waals surface area contributed by atoms with Crippen LogP contribution in [0.25, 0.3) is 10.6 Å². The van der Waals surface area contributed by atoms with Crippen LogP contribution in [0, 0.1) is 0 Å². The van der Waals surface area contributed by atoms with Crippen molar-refractivity contribution in [3.63, 3.8) is 0 Å². The Labute approximate surface area is 159 Å². The molecule has 0 saturated carbocycles. The molecule has 3 aromatic rings. The van der Waals surface area contributed by atoms with Crippen molar-refractivity contribution in [3.05, 3.63) is 59.4 Å². The van der Waals surface area contributed by atoms with E-state index >= 15 is 0 Å². The molecule has 27 heavy (non-hydrogen) atoms. The number of nitrogens with zero attached hydrogens (tertiary/aromatic N) is 4. The van der Waals surface area contributed by atoms with Crippen LogP contribution in [0.3, 0.4) is 0 Å². The van der Waals surface area contributed by atoms with E-state index in [0.29, 0.717) is 18.8 Å². The number of carboxylic acid groups (broad SMARTS) is 1. The lowest BCUT2D eigenvalue weighted by atomic mass is 10.1. The second-order valence-electron chi connectivity index (χ2n) is 6.44. The van der Waals surface area contributed by atoms with Crippen molar-refractivity contribution >= 4 is 23.2 Å². The van der Waals surface area contributed by atoms with Gasteiger partial charge in [0.1, 0.15) is 10.7 Å². The van der Waals surface area contributed by atoms with Crippen LogP contribution in [-0.4, -0.2) is 49.7 Å². The van der Waals surface area contributed by atoms with Gasteiger partial charge in [0.2, 0.25) is 0 Å². The predicted molar refractivity (Wildman–Crippen MR) is 101 cm³/mol. The average molecular weight is 382 g/mol. The summed E-state index contributed by atoms with van der Waals surface area (Å²) < 4.78 is 1.70. The van der Waals surface area contributed by atoms with E-state index in [1.807, 2.05) is 40.6 Å². The number of likely N-dealkylation sites (tertiary alicyclic amines) is 1. The van der Waals surface area contributed by atoms with Gasteiger partial charge < -0.3 is 10.0 Å². The second-order valence-corrected chi connectivity index (χ2v) is 7.30. The Morgan fingerprint density at radius 3 is 2.56 bits per heavy atom. The minimum Gasteiger partial charge on any atom is -0.478 e. The predicted octanol–water partition coefficient (Wildman–Crippen LogP) is 3.18. The SMILES string of the molecule is O=C(O)c1cnn(C2CCN(C(=O)c3csc(-c4ccccc4)n3)CC2)c1. The Kier molecular flexibility index (Phi) is 4.72. The number of carbonyl (C=O) groups is 2. The molecular weight excluding hydrogens is 364 g/mol. The van der Waals surface area contributed by atoms with Gasteiger partial charge in [0.25, 0.3) is 5.91 Å². The first-order valence-electron chi connectivity index (χ1n) is 8.69. The lowest BCUT2D eigenvalue weighted by molar-refractivity contribution is 0.0684. The minimum atomic E-state index is -0.980. The maximum atomic E-state index is 12.8. The van der Waals surface area contributed by atoms with E-state index in [0.717, 1.165) is 23.4 Å². The molecule has 0 atom stereocenters. The van der Waals surface area contributed by atoms with Gasteiger partial charge in [-0.15, -0.1) is 11.3 Å². The molecule has 1 aromatic carbocycles. The van der Waals surface area contributed by atoms with Gasteiger partial charge in [-0.05, 0) is 12.8 Å². The number of rotatable bonds is 4. The summed E-state index contributed by atoms with van der Waals surface area (Å²) in [7, 11) is 0. The van der Waals surface area contributed by atoms with Gasteiger partial charge in [0, 0.05) is 30.2 Å². The highest BCUT2D eigenvalue weighted by Gasteiger charge is 2.26. The van der Waals surface area contributed by atoms with Crippen LogP contribution in [-0.2, 0) is 0 Å². The summed E-state index contributed by atoms with van der Waals surface area (Å²) in [5.74, 6) is -1.04. The summed E-state index contributed by atoms with van der Waals surface area (Å²) in [6.45, 7) is 1.20. The molecule has 0 bridgehead atoms. The van der Waals surface area contributed by atoms with Crippen molar-refractivity contribution in [2.24, 2.45) is 0 Å². The van der Waals surface area contributed by atoms with E-state index in [1.54, 1.807) is 10.9 Å². The molecular formula is C19H18N4O3S. The third-order valence-corrected chi connectivity index (χ3v) is 5.61. The van der Waals surface area contributed by atoms with E-state index in [2.05, 4.69) is 10.1 Å². The first kappa shape index (κ1) is 17.4. The highest BCUT2D eigenvalue weighted by atomic mass is 32.1. The van der Waals surface area contributed by atoms with Gasteiger partial charge in [-0.2, -0.15) is 5.10 Å². The van der Waals surface area contributed by atoms with Crippen molar-refractivity contribution in [2.45, 2.75) is 18.9 Å². The van der Waals surface area contributed by atoms with Crippen molar-refractivity contribution < 1.29 is 14.7 Å². The molecule has 7 nitrogen and oxygen atoms in total. The Hall–Kier alpha value is -3.00. The van der Waals surface area contributed by atoms with Crippen LogP contribution in [0.5, 0.6) is 0 Å². The fourth-order valence-corrected chi connectivity index (χ4v) is 4.03. The number of piperidine rings is 1. The lowest BCUT2D eigenvalue weighted by Gasteiger charge is -2.31. The molecule has 3 heterocycles. The van der Waals surface area contributed by atoms with Crippen LogP contribution in [0.1, 0.15) is 39.7 Å². The number of carbonyl (C=O) groups excluding carboxylic acids is 1. The maximum Gasteiger partial charge on any atom is 0.338 e. The zero-order valence-electron chi connectivity index (χ0n) is 14.5. The smallest absolute Gasteiger partial charge is 0.338 e. The summed E-state index contributed by atoms with van der Waals surface area (Å²) >= 11 is 1.47. The van der Waals surface area contributed by atoms with Gasteiger partial charge in [-0.1, -0.05) is 30.3 Å². The maximum absolute atomic E-state index is 12.8. The van der Waals surface area contributed by atoms with E-state index in [4.69, 9.17) is 5.11 Å². The number of thiazole rings is 1. The number of hydrogen-bond donors (Lipinski definition) is 1. The molecule has 1 aliphatic rings. The highest BCUT2D eigenvalue weighted by Crippen LogP contribution is 2.26. The zero-order valence-corrected chi connectivity index (χ0v) is 15.3. The number of aromatic nitrogens is 3. The van der Waals surface area contributed by atoms with Crippen molar-refractivity contribution in [3.8, 4) is 10.6 Å². The fourth-order valence-electron chi connectivity index (χ4n) is 3.23. The van der Waals surface area contributed by atoms with Crippen LogP contribution in [0.2, 0.25) is 0 Å². The van der Waals surface area contributed by atoms with Crippen LogP contribution >= 0.6 is 11.3 Å². The first-order chi connectivity index (χ1) is 13.1. The molecule has 8 heteroatoms. The lowest BCUT2D eigenvalue weighted by Crippen LogP contribution is -2.39. The molecule has 0 unspecified atom stereocenters. The number of aromatic carboxylic acids is 1.